The Morgan fingerprint density at radius 2 is 1.86 bits per heavy atom. The first-order chi connectivity index (χ1) is 13.0. The lowest BCUT2D eigenvalue weighted by atomic mass is 9.61. The Labute approximate surface area is 163 Å². The smallest absolute Gasteiger partial charge is 0.187 e. The molecule has 0 aromatic rings. The van der Waals surface area contributed by atoms with Crippen LogP contribution >= 0.6 is 0 Å². The number of Topliss-reactive ketones (excluding diaryl/α,β-unsaturated/α-hetero) is 1. The van der Waals surface area contributed by atoms with Crippen molar-refractivity contribution in [2.75, 3.05) is 6.61 Å². The molecule has 1 heterocycles. The highest BCUT2D eigenvalue weighted by Gasteiger charge is 2.72. The Morgan fingerprint density at radius 3 is 2.43 bits per heavy atom. The molecule has 0 bridgehead atoms. The number of carbonyl (C=O) groups excluding carboxylic acids is 1. The van der Waals surface area contributed by atoms with E-state index in [-0.39, 0.29) is 11.7 Å². The summed E-state index contributed by atoms with van der Waals surface area (Å²) in [5.74, 6) is -1.27. The average Bonchev–Trinajstić information content (AvgIpc) is 3.39. The summed E-state index contributed by atoms with van der Waals surface area (Å²) in [7, 11) is 0. The van der Waals surface area contributed by atoms with E-state index in [1.807, 2.05) is 13.0 Å². The normalized spacial score (nSPS) is 52.5. The zero-order valence-electron chi connectivity index (χ0n) is 16.4. The van der Waals surface area contributed by atoms with Crippen molar-refractivity contribution >= 4 is 5.78 Å². The third-order valence-corrected chi connectivity index (χ3v) is 7.56. The number of hydrogen-bond donors (Lipinski definition) is 5. The molecule has 1 spiro atoms. The van der Waals surface area contributed by atoms with Crippen molar-refractivity contribution in [3.63, 3.8) is 0 Å². The van der Waals surface area contributed by atoms with E-state index in [9.17, 15) is 30.3 Å². The van der Waals surface area contributed by atoms with Gasteiger partial charge < -0.3 is 35.0 Å². The minimum Gasteiger partial charge on any atom is -0.394 e. The first-order valence-corrected chi connectivity index (χ1v) is 9.95. The fourth-order valence-corrected chi connectivity index (χ4v) is 5.85. The molecule has 8 nitrogen and oxygen atoms in total. The minimum absolute atomic E-state index is 0.0929. The van der Waals surface area contributed by atoms with Gasteiger partial charge >= 0.3 is 0 Å². The van der Waals surface area contributed by atoms with Gasteiger partial charge in [0, 0.05) is 11.3 Å². The predicted molar refractivity (Wildman–Crippen MR) is 95.9 cm³/mol. The predicted octanol–water partition coefficient (Wildman–Crippen LogP) is -0.742. The molecule has 8 heteroatoms. The van der Waals surface area contributed by atoms with E-state index >= 15 is 0 Å². The Balaban J connectivity index is 1.73. The van der Waals surface area contributed by atoms with Crippen molar-refractivity contribution in [1.29, 1.82) is 0 Å². The maximum absolute atomic E-state index is 13.0. The molecule has 28 heavy (non-hydrogen) atoms. The van der Waals surface area contributed by atoms with Gasteiger partial charge in [0.1, 0.15) is 35.8 Å². The minimum atomic E-state index is -1.57. The molecule has 0 radical (unpaired) electrons. The molecule has 3 aliphatic carbocycles. The van der Waals surface area contributed by atoms with Crippen LogP contribution in [0.1, 0.15) is 40.0 Å². The molecule has 9 atom stereocenters. The van der Waals surface area contributed by atoms with Crippen LogP contribution in [0.4, 0.5) is 0 Å². The number of hydrogen-bond acceptors (Lipinski definition) is 8. The standard InChI is InChI=1S/C20H30O8/c1-9-6-20(28-17-15(25)14(24)13(23)11(8-21)27-17)7-10(2)19(4-5-19)18(3,26)16(20)12(9)22/h7,9,11,13-17,21,23-26H,4-6,8H2,1-3H3/t9-,11-,13-,14+,15-,16-,17+,18+,20-/m1/s1. The molecule has 158 valence electrons. The lowest BCUT2D eigenvalue weighted by Gasteiger charge is -2.52. The molecule has 5 N–H and O–H groups in total. The summed E-state index contributed by atoms with van der Waals surface area (Å²) in [6.07, 6.45) is -3.27. The van der Waals surface area contributed by atoms with Crippen LogP contribution < -0.4 is 0 Å². The molecule has 4 rings (SSSR count). The molecule has 0 aromatic heterocycles. The van der Waals surface area contributed by atoms with Gasteiger partial charge in [0.25, 0.3) is 0 Å². The van der Waals surface area contributed by atoms with Gasteiger partial charge in [0.05, 0.1) is 18.1 Å². The summed E-state index contributed by atoms with van der Waals surface area (Å²) in [4.78, 5) is 13.0. The van der Waals surface area contributed by atoms with Gasteiger partial charge in [0.2, 0.25) is 0 Å². The molecule has 1 aliphatic heterocycles. The van der Waals surface area contributed by atoms with Crippen molar-refractivity contribution in [2.24, 2.45) is 17.3 Å². The summed E-state index contributed by atoms with van der Waals surface area (Å²) >= 11 is 0. The van der Waals surface area contributed by atoms with Crippen LogP contribution in [0.5, 0.6) is 0 Å². The van der Waals surface area contributed by atoms with Crippen molar-refractivity contribution < 1.29 is 39.8 Å². The van der Waals surface area contributed by atoms with Gasteiger partial charge in [-0.3, -0.25) is 4.79 Å². The molecule has 0 amide bonds. The van der Waals surface area contributed by atoms with E-state index in [2.05, 4.69) is 0 Å². The fourth-order valence-electron chi connectivity index (χ4n) is 5.85. The highest BCUT2D eigenvalue weighted by atomic mass is 16.7. The van der Waals surface area contributed by atoms with Crippen LogP contribution in [0, 0.1) is 17.3 Å². The number of aliphatic hydroxyl groups excluding tert-OH is 4. The zero-order valence-corrected chi connectivity index (χ0v) is 16.4. The Bertz CT molecular complexity index is 696. The van der Waals surface area contributed by atoms with Crippen LogP contribution in [0.3, 0.4) is 0 Å². The monoisotopic (exact) mass is 398 g/mol. The van der Waals surface area contributed by atoms with Gasteiger partial charge in [-0.2, -0.15) is 0 Å². The second-order valence-electron chi connectivity index (χ2n) is 9.27. The van der Waals surface area contributed by atoms with Crippen LogP contribution in [0.2, 0.25) is 0 Å². The third-order valence-electron chi connectivity index (χ3n) is 7.56. The van der Waals surface area contributed by atoms with E-state index in [4.69, 9.17) is 9.47 Å². The summed E-state index contributed by atoms with van der Waals surface area (Å²) < 4.78 is 11.7. The molecule has 1 saturated heterocycles. The second kappa shape index (κ2) is 6.31. The molecular formula is C20H30O8. The van der Waals surface area contributed by atoms with E-state index < -0.39 is 59.8 Å². The van der Waals surface area contributed by atoms with Crippen molar-refractivity contribution in [3.05, 3.63) is 11.6 Å². The maximum atomic E-state index is 13.0. The SMILES string of the molecule is CC1=C[C@]2(O[C@@H]3O[C@H](CO)[C@@H](O)[C@H](O)[C@H]3O)C[C@@H](C)C(=O)[C@@H]2[C@](C)(O)C12CC2. The fraction of sp³-hybridized carbons (Fsp3) is 0.850. The van der Waals surface area contributed by atoms with Gasteiger partial charge in [0.15, 0.2) is 6.29 Å². The Kier molecular flexibility index (Phi) is 4.60. The Morgan fingerprint density at radius 1 is 1.21 bits per heavy atom. The summed E-state index contributed by atoms with van der Waals surface area (Å²) in [5, 5.41) is 51.4. The molecule has 3 fully saturated rings. The Hall–Kier alpha value is -0.870. The first kappa shape index (κ1) is 20.4. The first-order valence-electron chi connectivity index (χ1n) is 9.95. The van der Waals surface area contributed by atoms with Gasteiger partial charge in [-0.25, -0.2) is 0 Å². The van der Waals surface area contributed by atoms with Crippen molar-refractivity contribution in [1.82, 2.24) is 0 Å². The van der Waals surface area contributed by atoms with Gasteiger partial charge in [-0.05, 0) is 33.1 Å². The van der Waals surface area contributed by atoms with Crippen molar-refractivity contribution in [2.45, 2.75) is 81.9 Å². The van der Waals surface area contributed by atoms with Crippen LogP contribution in [0.25, 0.3) is 0 Å². The molecule has 2 saturated carbocycles. The van der Waals surface area contributed by atoms with E-state index in [1.54, 1.807) is 13.8 Å². The number of rotatable bonds is 3. The summed E-state index contributed by atoms with van der Waals surface area (Å²) in [6.45, 7) is 4.83. The van der Waals surface area contributed by atoms with Gasteiger partial charge in [-0.15, -0.1) is 0 Å². The molecule has 4 aliphatic rings. The summed E-state index contributed by atoms with van der Waals surface area (Å²) in [6, 6.07) is 0. The number of aliphatic hydroxyl groups is 5. The largest absolute Gasteiger partial charge is 0.394 e. The van der Waals surface area contributed by atoms with E-state index in [1.165, 1.54) is 0 Å². The lowest BCUT2D eigenvalue weighted by molar-refractivity contribution is -0.330. The van der Waals surface area contributed by atoms with Gasteiger partial charge in [-0.1, -0.05) is 18.6 Å². The number of fused-ring (bicyclic) bond motifs is 1. The van der Waals surface area contributed by atoms with E-state index in [0.717, 1.165) is 18.4 Å². The van der Waals surface area contributed by atoms with Crippen LogP contribution in [-0.2, 0) is 14.3 Å². The number of ether oxygens (including phenoxy) is 2. The average molecular weight is 398 g/mol. The number of carbonyl (C=O) groups is 1. The summed E-state index contributed by atoms with van der Waals surface area (Å²) in [5.41, 5.74) is -1.98. The maximum Gasteiger partial charge on any atom is 0.187 e. The van der Waals surface area contributed by atoms with Crippen LogP contribution in [0.15, 0.2) is 11.6 Å². The number of ketones is 1. The molecular weight excluding hydrogens is 368 g/mol. The second-order valence-corrected chi connectivity index (χ2v) is 9.27. The third kappa shape index (κ3) is 2.52. The van der Waals surface area contributed by atoms with Crippen molar-refractivity contribution in [3.8, 4) is 0 Å². The van der Waals surface area contributed by atoms with Crippen LogP contribution in [-0.4, -0.2) is 79.8 Å². The highest BCUT2D eigenvalue weighted by Crippen LogP contribution is 2.68. The van der Waals surface area contributed by atoms with E-state index in [0.29, 0.717) is 6.42 Å². The topological polar surface area (TPSA) is 137 Å². The quantitative estimate of drug-likeness (QED) is 0.392. The highest BCUT2D eigenvalue weighted by molar-refractivity contribution is 5.89. The molecule has 0 unspecified atom stereocenters. The zero-order chi connectivity index (χ0) is 20.6. The lowest BCUT2D eigenvalue weighted by Crippen LogP contribution is -2.64. The molecule has 0 aromatic carbocycles.